The van der Waals surface area contributed by atoms with E-state index in [4.69, 9.17) is 10.4 Å². The molecule has 2 aromatic rings. The van der Waals surface area contributed by atoms with Gasteiger partial charge >= 0.3 is 0 Å². The van der Waals surface area contributed by atoms with Gasteiger partial charge in [0.25, 0.3) is 10.0 Å². The zero-order valence-electron chi connectivity index (χ0n) is 10.0. The molecule has 0 radical (unpaired) electrons. The molecule has 102 valence electrons. The molecule has 0 aliphatic carbocycles. The summed E-state index contributed by atoms with van der Waals surface area (Å²) >= 11 is 3.22. The highest BCUT2D eigenvalue weighted by molar-refractivity contribution is 9.10. The number of sulfonamides is 1. The lowest BCUT2D eigenvalue weighted by molar-refractivity contribution is 0.475. The lowest BCUT2D eigenvalue weighted by Crippen LogP contribution is -2.13. The van der Waals surface area contributed by atoms with Crippen LogP contribution in [0.5, 0.6) is 5.75 Å². The highest BCUT2D eigenvalue weighted by Crippen LogP contribution is 2.24. The Morgan fingerprint density at radius 3 is 2.40 bits per heavy atom. The fourth-order valence-corrected chi connectivity index (χ4v) is 2.96. The largest absolute Gasteiger partial charge is 0.508 e. The minimum Gasteiger partial charge on any atom is -0.508 e. The molecule has 2 rings (SSSR count). The maximum absolute atomic E-state index is 12.2. The fraction of sp³-hybridized carbons (Fsp3) is 0. The SMILES string of the molecule is N#Cc1ccc(Br)cc1NS(=O)(=O)c1ccc(O)cc1. The van der Waals surface area contributed by atoms with Gasteiger partial charge in [-0.25, -0.2) is 8.42 Å². The second-order valence-corrected chi connectivity index (χ2v) is 6.50. The number of rotatable bonds is 3. The van der Waals surface area contributed by atoms with Gasteiger partial charge in [-0.2, -0.15) is 5.26 Å². The third kappa shape index (κ3) is 3.10. The maximum atomic E-state index is 12.2. The molecule has 2 N–H and O–H groups in total. The summed E-state index contributed by atoms with van der Waals surface area (Å²) in [6.45, 7) is 0. The Labute approximate surface area is 124 Å². The van der Waals surface area contributed by atoms with Gasteiger partial charge in [0.2, 0.25) is 0 Å². The van der Waals surface area contributed by atoms with Crippen molar-refractivity contribution in [2.24, 2.45) is 0 Å². The van der Waals surface area contributed by atoms with Gasteiger partial charge in [-0.15, -0.1) is 0 Å². The molecule has 0 amide bonds. The number of nitriles is 1. The van der Waals surface area contributed by atoms with Crippen LogP contribution >= 0.6 is 15.9 Å². The Balaban J connectivity index is 2.41. The van der Waals surface area contributed by atoms with E-state index in [2.05, 4.69) is 20.7 Å². The Morgan fingerprint density at radius 2 is 1.80 bits per heavy atom. The van der Waals surface area contributed by atoms with E-state index in [0.29, 0.717) is 4.47 Å². The first kappa shape index (κ1) is 14.4. The van der Waals surface area contributed by atoms with E-state index in [1.165, 1.54) is 36.4 Å². The van der Waals surface area contributed by atoms with Crippen LogP contribution in [0.4, 0.5) is 5.69 Å². The van der Waals surface area contributed by atoms with Crippen molar-refractivity contribution >= 4 is 31.6 Å². The van der Waals surface area contributed by atoms with E-state index in [-0.39, 0.29) is 21.9 Å². The van der Waals surface area contributed by atoms with Gasteiger partial charge in [-0.1, -0.05) is 15.9 Å². The minimum atomic E-state index is -3.81. The number of halogens is 1. The lowest BCUT2D eigenvalue weighted by atomic mass is 10.2. The summed E-state index contributed by atoms with van der Waals surface area (Å²) in [6, 6.07) is 11.7. The number of nitrogens with zero attached hydrogens (tertiary/aromatic N) is 1. The number of anilines is 1. The molecular weight excluding hydrogens is 344 g/mol. The molecule has 0 saturated heterocycles. The number of phenols is 1. The Hall–Kier alpha value is -2.04. The number of nitrogens with one attached hydrogen (secondary N) is 1. The van der Waals surface area contributed by atoms with Gasteiger partial charge in [0.05, 0.1) is 16.1 Å². The van der Waals surface area contributed by atoms with Gasteiger partial charge in [-0.05, 0) is 42.5 Å². The first-order chi connectivity index (χ1) is 9.42. The Kier molecular flexibility index (Phi) is 3.97. The summed E-state index contributed by atoms with van der Waals surface area (Å²) in [5.41, 5.74) is 0.408. The summed E-state index contributed by atoms with van der Waals surface area (Å²) in [7, 11) is -3.81. The number of hydrogen-bond acceptors (Lipinski definition) is 4. The Morgan fingerprint density at radius 1 is 1.15 bits per heavy atom. The van der Waals surface area contributed by atoms with Crippen LogP contribution in [-0.2, 0) is 10.0 Å². The first-order valence-corrected chi connectivity index (χ1v) is 7.71. The second kappa shape index (κ2) is 5.53. The first-order valence-electron chi connectivity index (χ1n) is 5.44. The summed E-state index contributed by atoms with van der Waals surface area (Å²) in [6.07, 6.45) is 0. The molecular formula is C13H9BrN2O3S. The predicted octanol–water partition coefficient (Wildman–Crippen LogP) is 2.83. The fourth-order valence-electron chi connectivity index (χ4n) is 1.53. The second-order valence-electron chi connectivity index (χ2n) is 3.90. The number of phenolic OH excluding ortho intramolecular Hbond substituents is 1. The number of benzene rings is 2. The number of aromatic hydroxyl groups is 1. The van der Waals surface area contributed by atoms with E-state index >= 15 is 0 Å². The molecule has 0 heterocycles. The summed E-state index contributed by atoms with van der Waals surface area (Å²) in [5, 5.41) is 18.1. The van der Waals surface area contributed by atoms with Crippen molar-refractivity contribution in [1.29, 1.82) is 5.26 Å². The van der Waals surface area contributed by atoms with Crippen LogP contribution in [0.25, 0.3) is 0 Å². The monoisotopic (exact) mass is 352 g/mol. The summed E-state index contributed by atoms with van der Waals surface area (Å²) in [5.74, 6) is -0.0240. The molecule has 0 atom stereocenters. The van der Waals surface area contributed by atoms with Crippen molar-refractivity contribution in [2.45, 2.75) is 4.90 Å². The normalized spacial score (nSPS) is 10.8. The van der Waals surface area contributed by atoms with Gasteiger partial charge in [0.1, 0.15) is 11.8 Å². The van der Waals surface area contributed by atoms with Gasteiger partial charge < -0.3 is 5.11 Å². The number of hydrogen-bond donors (Lipinski definition) is 2. The predicted molar refractivity (Wildman–Crippen MR) is 77.8 cm³/mol. The van der Waals surface area contributed by atoms with Crippen molar-refractivity contribution in [3.8, 4) is 11.8 Å². The van der Waals surface area contributed by atoms with Crippen molar-refractivity contribution < 1.29 is 13.5 Å². The lowest BCUT2D eigenvalue weighted by Gasteiger charge is -2.10. The smallest absolute Gasteiger partial charge is 0.261 e. The molecule has 20 heavy (non-hydrogen) atoms. The zero-order chi connectivity index (χ0) is 14.8. The molecule has 0 fully saturated rings. The van der Waals surface area contributed by atoms with Crippen molar-refractivity contribution in [1.82, 2.24) is 0 Å². The molecule has 0 bridgehead atoms. The third-order valence-corrected chi connectivity index (χ3v) is 4.37. The van der Waals surface area contributed by atoms with Crippen LogP contribution in [0.2, 0.25) is 0 Å². The van der Waals surface area contributed by atoms with Crippen LogP contribution < -0.4 is 4.72 Å². The molecule has 0 aliphatic heterocycles. The van der Waals surface area contributed by atoms with E-state index in [1.54, 1.807) is 6.07 Å². The maximum Gasteiger partial charge on any atom is 0.261 e. The molecule has 7 heteroatoms. The molecule has 0 aromatic heterocycles. The average molecular weight is 353 g/mol. The van der Waals surface area contributed by atoms with E-state index in [1.807, 2.05) is 6.07 Å². The van der Waals surface area contributed by atoms with Crippen LogP contribution in [0.3, 0.4) is 0 Å². The highest BCUT2D eigenvalue weighted by atomic mass is 79.9. The molecule has 0 unspecified atom stereocenters. The van der Waals surface area contributed by atoms with Crippen LogP contribution in [0.15, 0.2) is 51.8 Å². The van der Waals surface area contributed by atoms with Gasteiger partial charge in [0.15, 0.2) is 0 Å². The van der Waals surface area contributed by atoms with Gasteiger partial charge in [-0.3, -0.25) is 4.72 Å². The highest BCUT2D eigenvalue weighted by Gasteiger charge is 2.16. The zero-order valence-corrected chi connectivity index (χ0v) is 12.4. The van der Waals surface area contributed by atoms with Crippen LogP contribution in [0.1, 0.15) is 5.56 Å². The third-order valence-electron chi connectivity index (χ3n) is 2.49. The standard InChI is InChI=1S/C13H9BrN2O3S/c14-10-2-1-9(8-15)13(7-10)16-20(18,19)12-5-3-11(17)4-6-12/h1-7,16-17H. The molecule has 5 nitrogen and oxygen atoms in total. The minimum absolute atomic E-state index is 0.000773. The Bertz CT molecular complexity index is 780. The van der Waals surface area contributed by atoms with E-state index in [0.717, 1.165) is 0 Å². The van der Waals surface area contributed by atoms with E-state index in [9.17, 15) is 8.42 Å². The topological polar surface area (TPSA) is 90.2 Å². The van der Waals surface area contributed by atoms with Crippen molar-refractivity contribution in [2.75, 3.05) is 4.72 Å². The molecule has 0 aliphatic rings. The molecule has 2 aromatic carbocycles. The van der Waals surface area contributed by atoms with Crippen molar-refractivity contribution in [3.05, 3.63) is 52.5 Å². The summed E-state index contributed by atoms with van der Waals surface area (Å²) in [4.78, 5) is -0.000773. The van der Waals surface area contributed by atoms with Crippen LogP contribution in [0, 0.1) is 11.3 Å². The average Bonchev–Trinajstić information content (AvgIpc) is 2.39. The molecule has 0 saturated carbocycles. The van der Waals surface area contributed by atoms with Gasteiger partial charge in [0, 0.05) is 4.47 Å². The summed E-state index contributed by atoms with van der Waals surface area (Å²) < 4.78 is 27.4. The van der Waals surface area contributed by atoms with Crippen LogP contribution in [-0.4, -0.2) is 13.5 Å². The quantitative estimate of drug-likeness (QED) is 0.888. The van der Waals surface area contributed by atoms with Crippen molar-refractivity contribution in [3.63, 3.8) is 0 Å². The molecule has 0 spiro atoms. The van der Waals surface area contributed by atoms with E-state index < -0.39 is 10.0 Å².